The lowest BCUT2D eigenvalue weighted by Gasteiger charge is -1.97. The SMILES string of the molecule is CCCCNCC(C)=O.Cc1ccc(Cl)c(O)c1. The molecule has 1 aromatic carbocycles. The number of phenolic OH excluding ortho intramolecular Hbond substituents is 1. The van der Waals surface area contributed by atoms with Crippen LogP contribution in [0, 0.1) is 6.92 Å². The van der Waals surface area contributed by atoms with Crippen LogP contribution in [0.25, 0.3) is 0 Å². The van der Waals surface area contributed by atoms with Gasteiger partial charge in [0.1, 0.15) is 11.5 Å². The van der Waals surface area contributed by atoms with E-state index in [9.17, 15) is 4.79 Å². The van der Waals surface area contributed by atoms with Crippen molar-refractivity contribution < 1.29 is 9.90 Å². The Balaban J connectivity index is 0.000000321. The van der Waals surface area contributed by atoms with Gasteiger partial charge in [0.05, 0.1) is 11.6 Å². The summed E-state index contributed by atoms with van der Waals surface area (Å²) in [5, 5.41) is 12.4. The first-order chi connectivity index (χ1) is 8.47. The molecule has 3 nitrogen and oxygen atoms in total. The fourth-order valence-corrected chi connectivity index (χ4v) is 1.31. The van der Waals surface area contributed by atoms with E-state index in [1.54, 1.807) is 19.1 Å². The van der Waals surface area contributed by atoms with E-state index in [1.807, 2.05) is 13.0 Å². The van der Waals surface area contributed by atoms with Crippen molar-refractivity contribution in [2.75, 3.05) is 13.1 Å². The van der Waals surface area contributed by atoms with Gasteiger partial charge in [-0.3, -0.25) is 4.79 Å². The maximum Gasteiger partial charge on any atom is 0.143 e. The van der Waals surface area contributed by atoms with Gasteiger partial charge in [0.15, 0.2) is 0 Å². The summed E-state index contributed by atoms with van der Waals surface area (Å²) >= 11 is 5.53. The van der Waals surface area contributed by atoms with Gasteiger partial charge >= 0.3 is 0 Å². The van der Waals surface area contributed by atoms with Crippen molar-refractivity contribution in [3.8, 4) is 5.75 Å². The maximum absolute atomic E-state index is 10.3. The van der Waals surface area contributed by atoms with Crippen molar-refractivity contribution in [2.24, 2.45) is 0 Å². The number of halogens is 1. The molecule has 1 rings (SSSR count). The third kappa shape index (κ3) is 9.02. The molecule has 0 saturated carbocycles. The number of phenols is 1. The largest absolute Gasteiger partial charge is 0.506 e. The summed E-state index contributed by atoms with van der Waals surface area (Å²) in [6, 6.07) is 5.15. The zero-order chi connectivity index (χ0) is 14.0. The second-order valence-electron chi connectivity index (χ2n) is 4.19. The number of hydrogen-bond donors (Lipinski definition) is 2. The van der Waals surface area contributed by atoms with Crippen molar-refractivity contribution in [2.45, 2.75) is 33.6 Å². The van der Waals surface area contributed by atoms with Gasteiger partial charge in [0.2, 0.25) is 0 Å². The monoisotopic (exact) mass is 271 g/mol. The molecular formula is C14H22ClNO2. The van der Waals surface area contributed by atoms with E-state index in [0.29, 0.717) is 11.6 Å². The number of benzene rings is 1. The van der Waals surface area contributed by atoms with E-state index in [1.165, 1.54) is 6.42 Å². The number of carbonyl (C=O) groups excluding carboxylic acids is 1. The topological polar surface area (TPSA) is 49.3 Å². The van der Waals surface area contributed by atoms with E-state index < -0.39 is 0 Å². The lowest BCUT2D eigenvalue weighted by Crippen LogP contribution is -2.21. The molecule has 0 fully saturated rings. The van der Waals surface area contributed by atoms with Gasteiger partial charge in [0.25, 0.3) is 0 Å². The highest BCUT2D eigenvalue weighted by atomic mass is 35.5. The standard InChI is InChI=1S/C7H7ClO.C7H15NO/c1-5-2-3-6(8)7(9)4-5;1-3-4-5-8-6-7(2)9/h2-4,9H,1H3;8H,3-6H2,1-2H3. The van der Waals surface area contributed by atoms with E-state index in [0.717, 1.165) is 18.5 Å². The molecule has 0 aliphatic rings. The third-order valence-corrected chi connectivity index (χ3v) is 2.50. The summed E-state index contributed by atoms with van der Waals surface area (Å²) in [4.78, 5) is 10.3. The van der Waals surface area contributed by atoms with Crippen LogP contribution in [0.4, 0.5) is 0 Å². The van der Waals surface area contributed by atoms with Crippen LogP contribution in [0.1, 0.15) is 32.3 Å². The van der Waals surface area contributed by atoms with Gasteiger partial charge in [-0.2, -0.15) is 0 Å². The summed E-state index contributed by atoms with van der Waals surface area (Å²) in [6.07, 6.45) is 2.35. The Bertz CT molecular complexity index is 367. The fraction of sp³-hybridized carbons (Fsp3) is 0.500. The quantitative estimate of drug-likeness (QED) is 0.808. The molecular weight excluding hydrogens is 250 g/mol. The highest BCUT2D eigenvalue weighted by Gasteiger charge is 1.94. The average Bonchev–Trinajstić information content (AvgIpc) is 2.31. The molecule has 2 N–H and O–H groups in total. The lowest BCUT2D eigenvalue weighted by molar-refractivity contribution is -0.116. The molecule has 0 unspecified atom stereocenters. The van der Waals surface area contributed by atoms with Crippen molar-refractivity contribution in [3.05, 3.63) is 28.8 Å². The van der Waals surface area contributed by atoms with E-state index in [2.05, 4.69) is 12.2 Å². The number of hydrogen-bond acceptors (Lipinski definition) is 3. The Morgan fingerprint density at radius 3 is 2.56 bits per heavy atom. The van der Waals surface area contributed by atoms with Crippen molar-refractivity contribution in [1.82, 2.24) is 5.32 Å². The Morgan fingerprint density at radius 2 is 2.11 bits per heavy atom. The number of unbranched alkanes of at least 4 members (excludes halogenated alkanes) is 1. The fourth-order valence-electron chi connectivity index (χ4n) is 1.19. The van der Waals surface area contributed by atoms with Crippen LogP contribution >= 0.6 is 11.6 Å². The molecule has 0 atom stereocenters. The number of rotatable bonds is 5. The third-order valence-electron chi connectivity index (χ3n) is 2.18. The molecule has 0 saturated heterocycles. The summed E-state index contributed by atoms with van der Waals surface area (Å²) in [6.45, 7) is 7.13. The van der Waals surface area contributed by atoms with Crippen LogP contribution in [0.3, 0.4) is 0 Å². The van der Waals surface area contributed by atoms with E-state index in [4.69, 9.17) is 16.7 Å². The minimum atomic E-state index is 0.150. The Kier molecular flexibility index (Phi) is 9.33. The number of aryl methyl sites for hydroxylation is 1. The molecule has 0 aliphatic carbocycles. The van der Waals surface area contributed by atoms with Crippen LogP contribution in [-0.4, -0.2) is 24.0 Å². The van der Waals surface area contributed by atoms with Gasteiger partial charge in [-0.15, -0.1) is 0 Å². The predicted octanol–water partition coefficient (Wildman–Crippen LogP) is 3.32. The summed E-state index contributed by atoms with van der Waals surface area (Å²) in [7, 11) is 0. The number of aromatic hydroxyl groups is 1. The van der Waals surface area contributed by atoms with E-state index in [-0.39, 0.29) is 11.5 Å². The molecule has 0 amide bonds. The summed E-state index contributed by atoms with van der Waals surface area (Å²) < 4.78 is 0. The molecule has 18 heavy (non-hydrogen) atoms. The zero-order valence-electron chi connectivity index (χ0n) is 11.3. The summed E-state index contributed by atoms with van der Waals surface area (Å²) in [5.74, 6) is 0.364. The smallest absolute Gasteiger partial charge is 0.143 e. The molecule has 0 bridgehead atoms. The van der Waals surface area contributed by atoms with E-state index >= 15 is 0 Å². The van der Waals surface area contributed by atoms with Crippen molar-refractivity contribution in [1.29, 1.82) is 0 Å². The number of Topliss-reactive ketones (excluding diaryl/α,β-unsaturated/α-hetero) is 1. The molecule has 102 valence electrons. The van der Waals surface area contributed by atoms with Crippen molar-refractivity contribution >= 4 is 17.4 Å². The average molecular weight is 272 g/mol. The highest BCUT2D eigenvalue weighted by molar-refractivity contribution is 6.31. The minimum Gasteiger partial charge on any atom is -0.506 e. The first-order valence-electron chi connectivity index (χ1n) is 6.12. The minimum absolute atomic E-state index is 0.150. The first kappa shape index (κ1) is 16.9. The Morgan fingerprint density at radius 1 is 1.44 bits per heavy atom. The van der Waals surface area contributed by atoms with Crippen LogP contribution < -0.4 is 5.32 Å². The molecule has 0 aromatic heterocycles. The van der Waals surface area contributed by atoms with Gasteiger partial charge in [-0.1, -0.05) is 31.0 Å². The summed E-state index contributed by atoms with van der Waals surface area (Å²) in [5.41, 5.74) is 1.01. The molecule has 0 spiro atoms. The normalized spacial score (nSPS) is 9.56. The molecule has 1 aromatic rings. The van der Waals surface area contributed by atoms with Gasteiger partial charge in [-0.25, -0.2) is 0 Å². The molecule has 0 heterocycles. The second kappa shape index (κ2) is 9.92. The van der Waals surface area contributed by atoms with Gasteiger partial charge < -0.3 is 10.4 Å². The van der Waals surface area contributed by atoms with Crippen molar-refractivity contribution in [3.63, 3.8) is 0 Å². The highest BCUT2D eigenvalue weighted by Crippen LogP contribution is 2.22. The molecule has 4 heteroatoms. The van der Waals surface area contributed by atoms with Crippen LogP contribution in [0.2, 0.25) is 5.02 Å². The Labute approximate surface area is 114 Å². The predicted molar refractivity (Wildman–Crippen MR) is 76.3 cm³/mol. The van der Waals surface area contributed by atoms with Crippen LogP contribution in [0.5, 0.6) is 5.75 Å². The zero-order valence-corrected chi connectivity index (χ0v) is 12.0. The van der Waals surface area contributed by atoms with Crippen LogP contribution in [0.15, 0.2) is 18.2 Å². The Hall–Kier alpha value is -1.06. The first-order valence-corrected chi connectivity index (χ1v) is 6.50. The molecule has 0 aliphatic heterocycles. The maximum atomic E-state index is 10.3. The number of ketones is 1. The van der Waals surface area contributed by atoms with Gasteiger partial charge in [-0.05, 0) is 44.5 Å². The van der Waals surface area contributed by atoms with Gasteiger partial charge in [0, 0.05) is 0 Å². The second-order valence-corrected chi connectivity index (χ2v) is 4.59. The molecule has 0 radical (unpaired) electrons. The van der Waals surface area contributed by atoms with Crippen LogP contribution in [-0.2, 0) is 4.79 Å². The number of nitrogens with one attached hydrogen (secondary N) is 1. The number of carbonyl (C=O) groups is 1. The lowest BCUT2D eigenvalue weighted by atomic mass is 10.2.